The zero-order chi connectivity index (χ0) is 21.3. The average molecular weight is 428 g/mol. The van der Waals surface area contributed by atoms with Gasteiger partial charge in [0.05, 0.1) is 30.0 Å². The zero-order valence-corrected chi connectivity index (χ0v) is 18.2. The zero-order valence-electron chi connectivity index (χ0n) is 16.6. The molecule has 2 unspecified atom stereocenters. The maximum atomic E-state index is 13.0. The lowest BCUT2D eigenvalue weighted by Crippen LogP contribution is -2.59. The predicted molar refractivity (Wildman–Crippen MR) is 108 cm³/mol. The topological polar surface area (TPSA) is 128 Å². The van der Waals surface area contributed by atoms with Crippen LogP contribution in [0.2, 0.25) is 0 Å². The number of non-ortho nitro benzene ring substituents is 1. The molecule has 1 heterocycles. The molecule has 1 aromatic rings. The molecule has 154 valence electrons. The molecule has 1 N–H and O–H groups in total. The van der Waals surface area contributed by atoms with E-state index in [2.05, 4.69) is 4.72 Å². The Labute approximate surface area is 170 Å². The van der Waals surface area contributed by atoms with Crippen LogP contribution in [0.25, 0.3) is 0 Å². The van der Waals surface area contributed by atoms with Gasteiger partial charge in [-0.15, -0.1) is 4.72 Å². The Balaban J connectivity index is 2.60. The highest BCUT2D eigenvalue weighted by Crippen LogP contribution is 2.37. The van der Waals surface area contributed by atoms with Crippen LogP contribution in [0.15, 0.2) is 18.2 Å². The largest absolute Gasteiger partial charge is 0.598 e. The Morgan fingerprint density at radius 1 is 1.39 bits per heavy atom. The van der Waals surface area contributed by atoms with Crippen LogP contribution in [0.5, 0.6) is 0 Å². The Morgan fingerprint density at radius 3 is 2.57 bits per heavy atom. The second-order valence-electron chi connectivity index (χ2n) is 8.27. The number of nitro groups is 1. The second-order valence-corrected chi connectivity index (χ2v) is 12.2. The van der Waals surface area contributed by atoms with Crippen molar-refractivity contribution in [3.63, 3.8) is 0 Å². The van der Waals surface area contributed by atoms with Gasteiger partial charge < -0.3 is 9.29 Å². The molecular formula is C18H25N3O5S2. The van der Waals surface area contributed by atoms with Gasteiger partial charge in [-0.05, 0) is 51.8 Å². The summed E-state index contributed by atoms with van der Waals surface area (Å²) in [5.74, 6) is -0.0659. The predicted octanol–water partition coefficient (Wildman–Crippen LogP) is 2.42. The van der Waals surface area contributed by atoms with Crippen molar-refractivity contribution < 1.29 is 18.4 Å². The molecule has 28 heavy (non-hydrogen) atoms. The van der Waals surface area contributed by atoms with Gasteiger partial charge in [0.1, 0.15) is 15.0 Å². The van der Waals surface area contributed by atoms with E-state index >= 15 is 0 Å². The fraction of sp³-hybridized carbons (Fsp3) is 0.611. The summed E-state index contributed by atoms with van der Waals surface area (Å²) in [6.07, 6.45) is 0. The van der Waals surface area contributed by atoms with E-state index in [-0.39, 0.29) is 24.7 Å². The number of benzene rings is 1. The third-order valence-corrected chi connectivity index (χ3v) is 8.16. The van der Waals surface area contributed by atoms with Crippen LogP contribution in [0, 0.1) is 21.4 Å². The number of nitro benzene ring substituents is 1. The van der Waals surface area contributed by atoms with Gasteiger partial charge in [-0.25, -0.2) is 0 Å². The van der Waals surface area contributed by atoms with E-state index in [1.165, 1.54) is 12.1 Å². The molecule has 1 aliphatic heterocycles. The third-order valence-electron chi connectivity index (χ3n) is 4.49. The molecule has 10 heteroatoms. The van der Waals surface area contributed by atoms with Crippen molar-refractivity contribution in [2.75, 3.05) is 12.4 Å². The van der Waals surface area contributed by atoms with Crippen molar-refractivity contribution in [1.29, 1.82) is 5.26 Å². The van der Waals surface area contributed by atoms with Crippen LogP contribution in [-0.2, 0) is 39.0 Å². The molecule has 3 atom stereocenters. The van der Waals surface area contributed by atoms with Crippen LogP contribution in [0.1, 0.15) is 45.7 Å². The molecule has 0 aromatic heterocycles. The van der Waals surface area contributed by atoms with E-state index in [0.717, 1.165) is 0 Å². The SMILES string of the molecule is CC(C)(C#N)S(=O)C[C@@]1(N[S+]([O-])C(C)(C)C)COCc2ccc([N+](=O)[O-])cc21. The first-order chi connectivity index (χ1) is 12.8. The van der Waals surface area contributed by atoms with Gasteiger partial charge in [0.25, 0.3) is 5.69 Å². The summed E-state index contributed by atoms with van der Waals surface area (Å²) < 4.78 is 32.9. The first-order valence-corrected chi connectivity index (χ1v) is 11.1. The van der Waals surface area contributed by atoms with Gasteiger partial charge in [-0.2, -0.15) is 5.26 Å². The molecule has 0 spiro atoms. The molecule has 1 aliphatic rings. The Bertz CT molecular complexity index is 831. The molecule has 8 nitrogen and oxygen atoms in total. The Kier molecular flexibility index (Phi) is 6.57. The summed E-state index contributed by atoms with van der Waals surface area (Å²) in [6, 6.07) is 6.43. The minimum absolute atomic E-state index is 0.0379. The number of hydrogen-bond donors (Lipinski definition) is 1. The van der Waals surface area contributed by atoms with Gasteiger partial charge >= 0.3 is 0 Å². The second kappa shape index (κ2) is 8.08. The number of hydrogen-bond acceptors (Lipinski definition) is 7. The first kappa shape index (κ1) is 22.8. The van der Waals surface area contributed by atoms with Gasteiger partial charge in [-0.3, -0.25) is 14.3 Å². The number of fused-ring (bicyclic) bond motifs is 1. The van der Waals surface area contributed by atoms with Crippen molar-refractivity contribution in [3.05, 3.63) is 39.4 Å². The molecule has 0 radical (unpaired) electrons. The standard InChI is InChI=1S/C18H25N3O5S2/c1-16(2,3)28(25)20-18(12-27(24)17(4,5)10-19)11-26-9-13-6-7-14(21(22)23)8-15(13)18/h6-8,20H,9,11-12H2,1-5H3/t18-,27?,28?/m0/s1. The molecule has 0 fully saturated rings. The monoisotopic (exact) mass is 427 g/mol. The number of nitriles is 1. The maximum Gasteiger partial charge on any atom is 0.269 e. The highest BCUT2D eigenvalue weighted by molar-refractivity contribution is 7.91. The normalized spacial score (nSPS) is 22.0. The summed E-state index contributed by atoms with van der Waals surface area (Å²) in [5.41, 5.74) is -0.0650. The lowest BCUT2D eigenvalue weighted by Gasteiger charge is -2.41. The van der Waals surface area contributed by atoms with E-state index in [4.69, 9.17) is 4.74 Å². The van der Waals surface area contributed by atoms with Crippen molar-refractivity contribution in [1.82, 2.24) is 4.72 Å². The number of ether oxygens (including phenoxy) is 1. The molecular weight excluding hydrogens is 402 g/mol. The first-order valence-electron chi connectivity index (χ1n) is 8.67. The fourth-order valence-electron chi connectivity index (χ4n) is 2.68. The Hall–Kier alpha value is -1.51. The quantitative estimate of drug-likeness (QED) is 0.419. The van der Waals surface area contributed by atoms with E-state index < -0.39 is 42.1 Å². The smallest absolute Gasteiger partial charge is 0.269 e. The maximum absolute atomic E-state index is 13.0. The van der Waals surface area contributed by atoms with Crippen LogP contribution in [-0.4, -0.2) is 35.5 Å². The van der Waals surface area contributed by atoms with Gasteiger partial charge in [0.2, 0.25) is 0 Å². The summed E-state index contributed by atoms with van der Waals surface area (Å²) in [5, 5.41) is 20.7. The van der Waals surface area contributed by atoms with Crippen LogP contribution < -0.4 is 4.72 Å². The number of rotatable bonds is 6. The minimum Gasteiger partial charge on any atom is -0.598 e. The minimum atomic E-state index is -1.64. The molecule has 0 saturated heterocycles. The summed E-state index contributed by atoms with van der Waals surface area (Å²) in [4.78, 5) is 10.8. The van der Waals surface area contributed by atoms with E-state index in [0.29, 0.717) is 11.1 Å². The van der Waals surface area contributed by atoms with E-state index in [1.807, 2.05) is 6.07 Å². The van der Waals surface area contributed by atoms with Crippen molar-refractivity contribution in [2.45, 2.75) is 56.3 Å². The van der Waals surface area contributed by atoms with E-state index in [9.17, 15) is 24.1 Å². The average Bonchev–Trinajstić information content (AvgIpc) is 2.60. The molecule has 0 bridgehead atoms. The lowest BCUT2D eigenvalue weighted by molar-refractivity contribution is -0.385. The highest BCUT2D eigenvalue weighted by atomic mass is 32.2. The van der Waals surface area contributed by atoms with Gasteiger partial charge in [0.15, 0.2) is 0 Å². The van der Waals surface area contributed by atoms with Crippen LogP contribution >= 0.6 is 0 Å². The third kappa shape index (κ3) is 4.72. The fourth-order valence-corrected chi connectivity index (χ4v) is 4.90. The summed E-state index contributed by atoms with van der Waals surface area (Å²) in [7, 11) is -1.64. The summed E-state index contributed by atoms with van der Waals surface area (Å²) in [6.45, 7) is 8.78. The lowest BCUT2D eigenvalue weighted by atomic mass is 9.87. The van der Waals surface area contributed by atoms with Crippen LogP contribution in [0.4, 0.5) is 5.69 Å². The van der Waals surface area contributed by atoms with E-state index in [1.54, 1.807) is 40.7 Å². The summed E-state index contributed by atoms with van der Waals surface area (Å²) >= 11 is -1.56. The molecule has 1 aromatic carbocycles. The Morgan fingerprint density at radius 2 is 2.04 bits per heavy atom. The number of nitrogens with zero attached hydrogens (tertiary/aromatic N) is 2. The van der Waals surface area contributed by atoms with Gasteiger partial charge in [-0.1, -0.05) is 0 Å². The van der Waals surface area contributed by atoms with Crippen molar-refractivity contribution in [2.24, 2.45) is 0 Å². The van der Waals surface area contributed by atoms with Crippen molar-refractivity contribution >= 4 is 27.8 Å². The van der Waals surface area contributed by atoms with Crippen LogP contribution in [0.3, 0.4) is 0 Å². The molecule has 0 amide bonds. The molecule has 0 aliphatic carbocycles. The van der Waals surface area contributed by atoms with Crippen molar-refractivity contribution in [3.8, 4) is 6.07 Å². The molecule has 2 rings (SSSR count). The number of nitrogens with one attached hydrogen (secondary N) is 1. The highest BCUT2D eigenvalue weighted by Gasteiger charge is 2.47. The van der Waals surface area contributed by atoms with Gasteiger partial charge in [0, 0.05) is 34.3 Å². The molecule has 0 saturated carbocycles.